The van der Waals surface area contributed by atoms with Crippen LogP contribution in [0, 0.1) is 0 Å². The summed E-state index contributed by atoms with van der Waals surface area (Å²) in [6.07, 6.45) is -6.12. The van der Waals surface area contributed by atoms with Gasteiger partial charge in [0.2, 0.25) is 0 Å². The van der Waals surface area contributed by atoms with Crippen LogP contribution in [0.5, 0.6) is 0 Å². The Morgan fingerprint density at radius 3 is 2.32 bits per heavy atom. The van der Waals surface area contributed by atoms with Crippen LogP contribution in [0.2, 0.25) is 5.02 Å². The van der Waals surface area contributed by atoms with E-state index in [1.54, 1.807) is 0 Å². The number of halogens is 4. The lowest BCUT2D eigenvalue weighted by Crippen LogP contribution is -2.46. The van der Waals surface area contributed by atoms with E-state index in [1.165, 1.54) is 16.9 Å². The van der Waals surface area contributed by atoms with Crippen LogP contribution in [-0.2, 0) is 14.9 Å². The van der Waals surface area contributed by atoms with Crippen LogP contribution < -0.4 is 4.72 Å². The maximum absolute atomic E-state index is 13.1. The van der Waals surface area contributed by atoms with E-state index in [9.17, 15) is 26.4 Å². The number of hydrogen-bond acceptors (Lipinski definition) is 4. The minimum atomic E-state index is -4.90. The summed E-state index contributed by atoms with van der Waals surface area (Å²) in [5, 5.41) is 0.204. The first-order chi connectivity index (χ1) is 10.1. The molecule has 1 aromatic rings. The summed E-state index contributed by atoms with van der Waals surface area (Å²) >= 11 is 5.60. The van der Waals surface area contributed by atoms with Gasteiger partial charge in [0.15, 0.2) is 0 Å². The number of hydrogen-bond donors (Lipinski definition) is 1. The van der Waals surface area contributed by atoms with Crippen LogP contribution in [0.4, 0.5) is 18.0 Å². The molecule has 1 aliphatic rings. The molecule has 11 heteroatoms. The smallest absolute Gasteiger partial charge is 0.424 e. The van der Waals surface area contributed by atoms with Crippen LogP contribution >= 0.6 is 11.6 Å². The van der Waals surface area contributed by atoms with Crippen molar-refractivity contribution in [3.05, 3.63) is 34.9 Å². The van der Waals surface area contributed by atoms with E-state index in [1.807, 2.05) is 0 Å². The molecule has 0 spiro atoms. The van der Waals surface area contributed by atoms with E-state index in [4.69, 9.17) is 11.6 Å². The van der Waals surface area contributed by atoms with Crippen molar-refractivity contribution in [3.63, 3.8) is 0 Å². The second-order valence-corrected chi connectivity index (χ2v) is 6.40. The molecule has 122 valence electrons. The molecule has 0 saturated carbocycles. The van der Waals surface area contributed by atoms with Crippen molar-refractivity contribution < 1.29 is 31.1 Å². The van der Waals surface area contributed by atoms with Crippen LogP contribution in [0.1, 0.15) is 11.6 Å². The Morgan fingerprint density at radius 2 is 1.86 bits per heavy atom. The van der Waals surface area contributed by atoms with Crippen molar-refractivity contribution in [1.29, 1.82) is 0 Å². The number of rotatable bonds is 4. The van der Waals surface area contributed by atoms with Crippen LogP contribution in [0.25, 0.3) is 0 Å². The van der Waals surface area contributed by atoms with Gasteiger partial charge >= 0.3 is 22.5 Å². The standard InChI is InChI=1S/C11H10ClF3N2O4S/c12-8-3-1-7(2-4-8)9(11(13,14)15)16-22(19,20)17-5-6-21-10(17)18/h1-4,9,16H,5-6H2/t9-/m1/s1. The van der Waals surface area contributed by atoms with Gasteiger partial charge in [-0.1, -0.05) is 23.7 Å². The van der Waals surface area contributed by atoms with E-state index >= 15 is 0 Å². The Bertz CT molecular complexity index is 663. The monoisotopic (exact) mass is 358 g/mol. The molecule has 1 N–H and O–H groups in total. The van der Waals surface area contributed by atoms with Gasteiger partial charge in [0.1, 0.15) is 12.6 Å². The molecule has 1 saturated heterocycles. The van der Waals surface area contributed by atoms with Crippen molar-refractivity contribution in [2.75, 3.05) is 13.2 Å². The average molecular weight is 359 g/mol. The summed E-state index contributed by atoms with van der Waals surface area (Å²) in [5.41, 5.74) is -0.354. The van der Waals surface area contributed by atoms with Crippen LogP contribution in [-0.4, -0.2) is 38.1 Å². The van der Waals surface area contributed by atoms with Gasteiger partial charge in [-0.3, -0.25) is 0 Å². The summed E-state index contributed by atoms with van der Waals surface area (Å²) in [6, 6.07) is 1.99. The van der Waals surface area contributed by atoms with E-state index in [0.29, 0.717) is 0 Å². The van der Waals surface area contributed by atoms with Gasteiger partial charge in [0, 0.05) is 5.02 Å². The molecular weight excluding hydrogens is 349 g/mol. The van der Waals surface area contributed by atoms with Gasteiger partial charge in [-0.2, -0.15) is 30.6 Å². The minimum Gasteiger partial charge on any atom is -0.447 e. The van der Waals surface area contributed by atoms with Crippen molar-refractivity contribution in [3.8, 4) is 0 Å². The molecule has 6 nitrogen and oxygen atoms in total. The quantitative estimate of drug-likeness (QED) is 0.895. The first-order valence-corrected chi connectivity index (χ1v) is 7.72. The highest BCUT2D eigenvalue weighted by Gasteiger charge is 2.46. The van der Waals surface area contributed by atoms with Gasteiger partial charge in [0.25, 0.3) is 0 Å². The molecule has 1 aromatic carbocycles. The van der Waals surface area contributed by atoms with Gasteiger partial charge < -0.3 is 4.74 Å². The predicted octanol–water partition coefficient (Wildman–Crippen LogP) is 2.23. The normalized spacial score (nSPS) is 17.5. The molecule has 0 bridgehead atoms. The Kier molecular flexibility index (Phi) is 4.54. The maximum Gasteiger partial charge on any atom is 0.424 e. The Labute approximate surface area is 129 Å². The highest BCUT2D eigenvalue weighted by molar-refractivity contribution is 7.87. The molecule has 1 fully saturated rings. The third-order valence-electron chi connectivity index (χ3n) is 2.81. The number of ether oxygens (including phenoxy) is 1. The number of nitrogens with zero attached hydrogens (tertiary/aromatic N) is 1. The second kappa shape index (κ2) is 5.94. The predicted molar refractivity (Wildman–Crippen MR) is 70.4 cm³/mol. The van der Waals surface area contributed by atoms with Crippen molar-refractivity contribution in [2.24, 2.45) is 0 Å². The maximum atomic E-state index is 13.1. The Balaban J connectivity index is 2.31. The van der Waals surface area contributed by atoms with Gasteiger partial charge in [0.05, 0.1) is 6.54 Å². The fourth-order valence-electron chi connectivity index (χ4n) is 1.79. The molecule has 2 rings (SSSR count). The highest BCUT2D eigenvalue weighted by Crippen LogP contribution is 2.34. The van der Waals surface area contributed by atoms with Gasteiger partial charge in [-0.25, -0.2) is 4.79 Å². The lowest BCUT2D eigenvalue weighted by Gasteiger charge is -2.24. The highest BCUT2D eigenvalue weighted by atomic mass is 35.5. The molecule has 1 heterocycles. The van der Waals surface area contributed by atoms with Crippen LogP contribution in [0.15, 0.2) is 24.3 Å². The minimum absolute atomic E-state index is 0.204. The average Bonchev–Trinajstić information content (AvgIpc) is 2.83. The number of carbonyl (C=O) groups is 1. The number of nitrogens with one attached hydrogen (secondary N) is 1. The topological polar surface area (TPSA) is 75.7 Å². The van der Waals surface area contributed by atoms with Crippen LogP contribution in [0.3, 0.4) is 0 Å². The van der Waals surface area contributed by atoms with Crippen molar-refractivity contribution in [2.45, 2.75) is 12.2 Å². The van der Waals surface area contributed by atoms with Crippen molar-refractivity contribution >= 4 is 27.9 Å². The molecule has 1 amide bonds. The lowest BCUT2D eigenvalue weighted by atomic mass is 10.1. The zero-order chi connectivity index (χ0) is 16.5. The largest absolute Gasteiger partial charge is 0.447 e. The molecule has 0 aliphatic carbocycles. The molecule has 0 aromatic heterocycles. The first-order valence-electron chi connectivity index (χ1n) is 5.90. The zero-order valence-electron chi connectivity index (χ0n) is 10.8. The molecule has 1 atom stereocenters. The molecule has 0 radical (unpaired) electrons. The Morgan fingerprint density at radius 1 is 1.27 bits per heavy atom. The molecular formula is C11H10ClF3N2O4S. The van der Waals surface area contributed by atoms with E-state index in [2.05, 4.69) is 4.74 Å². The number of alkyl halides is 3. The SMILES string of the molecule is O=C1OCCN1S(=O)(=O)N[C@H](c1ccc(Cl)cc1)C(F)(F)F. The first kappa shape index (κ1) is 16.8. The summed E-state index contributed by atoms with van der Waals surface area (Å²) in [4.78, 5) is 11.2. The van der Waals surface area contributed by atoms with Crippen molar-refractivity contribution in [1.82, 2.24) is 9.03 Å². The lowest BCUT2D eigenvalue weighted by molar-refractivity contribution is -0.153. The van der Waals surface area contributed by atoms with Gasteiger partial charge in [-0.05, 0) is 17.7 Å². The summed E-state index contributed by atoms with van der Waals surface area (Å²) in [5.74, 6) is 0. The number of benzene rings is 1. The number of carbonyl (C=O) groups excluding carboxylic acids is 1. The van der Waals surface area contributed by atoms with E-state index in [-0.39, 0.29) is 28.0 Å². The fourth-order valence-corrected chi connectivity index (χ4v) is 3.17. The molecule has 0 unspecified atom stereocenters. The Hall–Kier alpha value is -1.52. The zero-order valence-corrected chi connectivity index (χ0v) is 12.4. The van der Waals surface area contributed by atoms with Gasteiger partial charge in [-0.15, -0.1) is 0 Å². The molecule has 22 heavy (non-hydrogen) atoms. The van der Waals surface area contributed by atoms with E-state index in [0.717, 1.165) is 12.1 Å². The second-order valence-electron chi connectivity index (χ2n) is 4.34. The fraction of sp³-hybridized carbons (Fsp3) is 0.364. The summed E-state index contributed by atoms with van der Waals surface area (Å²) < 4.78 is 69.3. The number of cyclic esters (lactones) is 1. The molecule has 1 aliphatic heterocycles. The number of amides is 1. The van der Waals surface area contributed by atoms with E-state index < -0.39 is 28.5 Å². The third kappa shape index (κ3) is 3.62. The summed E-state index contributed by atoms with van der Waals surface area (Å²) in [7, 11) is -4.69. The summed E-state index contributed by atoms with van der Waals surface area (Å²) in [6.45, 7) is -0.559. The third-order valence-corrected chi connectivity index (χ3v) is 4.51.